The van der Waals surface area contributed by atoms with E-state index in [9.17, 15) is 8.60 Å². The molecule has 2 unspecified atom stereocenters. The van der Waals surface area contributed by atoms with Crippen molar-refractivity contribution < 1.29 is 18.8 Å². The average Bonchev–Trinajstić information content (AvgIpc) is 3.10. The summed E-state index contributed by atoms with van der Waals surface area (Å²) in [5, 5.41) is 0. The van der Waals surface area contributed by atoms with Crippen LogP contribution in [-0.2, 0) is 17.2 Å². The molecule has 4 rings (SSSR count). The lowest BCUT2D eigenvalue weighted by molar-refractivity contribution is 0.0606. The van der Waals surface area contributed by atoms with E-state index in [4.69, 9.17) is 4.74 Å². The maximum atomic E-state index is 13.9. The monoisotopic (exact) mass is 433 g/mol. The van der Waals surface area contributed by atoms with Crippen LogP contribution in [-0.4, -0.2) is 52.2 Å². The van der Waals surface area contributed by atoms with Crippen LogP contribution in [0, 0.1) is 5.92 Å². The molecule has 1 saturated heterocycles. The molecule has 2 aromatic rings. The van der Waals surface area contributed by atoms with Crippen molar-refractivity contribution in [3.05, 3.63) is 48.0 Å². The van der Waals surface area contributed by atoms with E-state index in [-0.39, 0.29) is 11.6 Å². The molecule has 30 heavy (non-hydrogen) atoms. The Balaban J connectivity index is 0.00000256. The van der Waals surface area contributed by atoms with E-state index in [1.165, 1.54) is 11.1 Å². The van der Waals surface area contributed by atoms with E-state index in [0.717, 1.165) is 48.6 Å². The van der Waals surface area contributed by atoms with Gasteiger partial charge < -0.3 is 15.1 Å². The largest absolute Gasteiger partial charge is 0.490 e. The van der Waals surface area contributed by atoms with Gasteiger partial charge in [0.15, 0.2) is 0 Å². The van der Waals surface area contributed by atoms with Crippen molar-refractivity contribution in [2.24, 2.45) is 5.92 Å². The first kappa shape index (κ1) is 22.9. The first-order chi connectivity index (χ1) is 13.8. The number of rotatable bonds is 5. The van der Waals surface area contributed by atoms with E-state index in [2.05, 4.69) is 23.1 Å². The van der Waals surface area contributed by atoms with Crippen LogP contribution in [0.3, 0.4) is 0 Å². The van der Waals surface area contributed by atoms with Crippen LogP contribution in [0.5, 0.6) is 5.75 Å². The summed E-state index contributed by atoms with van der Waals surface area (Å²) in [5.41, 5.74) is 2.44. The van der Waals surface area contributed by atoms with Crippen LogP contribution < -0.4 is 4.74 Å². The molecule has 4 nitrogen and oxygen atoms in total. The molecule has 0 saturated carbocycles. The fraction of sp³-hybridized carbons (Fsp3) is 0.500. The molecule has 6 heteroatoms. The van der Waals surface area contributed by atoms with E-state index < -0.39 is 16.5 Å². The first-order valence-electron chi connectivity index (χ1n) is 10.4. The highest BCUT2D eigenvalue weighted by Gasteiger charge is 2.34. The number of hydrogen-bond acceptors (Lipinski definition) is 3. The minimum absolute atomic E-state index is 0. The minimum Gasteiger partial charge on any atom is -0.490 e. The van der Waals surface area contributed by atoms with Gasteiger partial charge in [-0.2, -0.15) is 0 Å². The molecule has 2 heterocycles. The molecule has 2 atom stereocenters. The highest BCUT2D eigenvalue weighted by molar-refractivity contribution is 7.84. The van der Waals surface area contributed by atoms with Gasteiger partial charge in [-0.15, -0.1) is 0 Å². The van der Waals surface area contributed by atoms with Gasteiger partial charge in [0.05, 0.1) is 0 Å². The fourth-order valence-corrected chi connectivity index (χ4v) is 5.09. The predicted molar refractivity (Wildman–Crippen MR) is 120 cm³/mol. The zero-order chi connectivity index (χ0) is 20.6. The second kappa shape index (κ2) is 9.16. The van der Waals surface area contributed by atoms with Gasteiger partial charge in [0, 0.05) is 34.9 Å². The number of likely N-dealkylation sites (tertiary alicyclic amines) is 1. The Morgan fingerprint density at radius 1 is 1.10 bits per heavy atom. The lowest BCUT2D eigenvalue weighted by Crippen LogP contribution is -2.43. The summed E-state index contributed by atoms with van der Waals surface area (Å²) in [6, 6.07) is 14.4. The van der Waals surface area contributed by atoms with Crippen molar-refractivity contribution in [3.63, 3.8) is 0 Å². The van der Waals surface area contributed by atoms with Gasteiger partial charge in [0.2, 0.25) is 0 Å². The van der Waals surface area contributed by atoms with E-state index in [1.54, 1.807) is 20.1 Å². The predicted octanol–water partition coefficient (Wildman–Crippen LogP) is 4.03. The standard InChI is InChI=1S/C24H30FNO2S.H2O/c1-24(2,25)16-26-12-10-18(11-13-26)23-15-20-14-19(6-9-22(20)28-23)17-4-7-21(8-5-17)29(3)27;/h4-9,14,18,23H,10-13,15-16H2,1-3H3;1H2. The number of hydrogen-bond donors (Lipinski definition) is 0. The van der Waals surface area contributed by atoms with Gasteiger partial charge in [-0.05, 0) is 86.7 Å². The van der Waals surface area contributed by atoms with Crippen molar-refractivity contribution in [3.8, 4) is 16.9 Å². The van der Waals surface area contributed by atoms with Gasteiger partial charge in [-0.3, -0.25) is 4.21 Å². The smallest absolute Gasteiger partial charge is 0.123 e. The third-order valence-electron chi connectivity index (χ3n) is 6.04. The summed E-state index contributed by atoms with van der Waals surface area (Å²) in [4.78, 5) is 3.09. The van der Waals surface area contributed by atoms with Crippen LogP contribution in [0.2, 0.25) is 0 Å². The number of fused-ring (bicyclic) bond motifs is 1. The van der Waals surface area contributed by atoms with Gasteiger partial charge in [-0.25, -0.2) is 4.39 Å². The van der Waals surface area contributed by atoms with Crippen LogP contribution in [0.15, 0.2) is 47.4 Å². The number of benzene rings is 2. The third kappa shape index (κ3) is 5.29. The molecule has 0 amide bonds. The molecule has 2 aromatic carbocycles. The van der Waals surface area contributed by atoms with Gasteiger partial charge in [0.1, 0.15) is 17.5 Å². The van der Waals surface area contributed by atoms with Crippen molar-refractivity contribution in [2.75, 3.05) is 25.9 Å². The number of alkyl halides is 1. The third-order valence-corrected chi connectivity index (χ3v) is 6.97. The Labute approximate surface area is 181 Å². The van der Waals surface area contributed by atoms with E-state index in [0.29, 0.717) is 12.5 Å². The average molecular weight is 434 g/mol. The molecule has 0 aromatic heterocycles. The molecular weight excluding hydrogens is 401 g/mol. The summed E-state index contributed by atoms with van der Waals surface area (Å²) >= 11 is 0. The topological polar surface area (TPSA) is 61.0 Å². The second-order valence-electron chi connectivity index (χ2n) is 8.99. The minimum atomic E-state index is -1.13. The first-order valence-corrected chi connectivity index (χ1v) is 12.0. The molecule has 2 aliphatic heterocycles. The molecule has 0 aliphatic carbocycles. The summed E-state index contributed by atoms with van der Waals surface area (Å²) in [6.45, 7) is 5.72. The van der Waals surface area contributed by atoms with Crippen molar-refractivity contribution in [1.82, 2.24) is 4.90 Å². The molecule has 0 radical (unpaired) electrons. The Bertz CT molecular complexity index is 886. The van der Waals surface area contributed by atoms with Crippen LogP contribution in [0.25, 0.3) is 11.1 Å². The van der Waals surface area contributed by atoms with Crippen molar-refractivity contribution >= 4 is 10.8 Å². The maximum absolute atomic E-state index is 13.9. The van der Waals surface area contributed by atoms with Gasteiger partial charge in [-0.1, -0.05) is 18.2 Å². The lowest BCUT2D eigenvalue weighted by atomic mass is 9.88. The fourth-order valence-electron chi connectivity index (χ4n) is 4.57. The number of halogens is 1. The molecule has 0 spiro atoms. The summed E-state index contributed by atoms with van der Waals surface area (Å²) in [6.07, 6.45) is 5.00. The maximum Gasteiger partial charge on any atom is 0.123 e. The van der Waals surface area contributed by atoms with E-state index in [1.807, 2.05) is 24.3 Å². The Morgan fingerprint density at radius 3 is 2.33 bits per heavy atom. The highest BCUT2D eigenvalue weighted by Crippen LogP contribution is 2.37. The molecule has 2 N–H and O–H groups in total. The van der Waals surface area contributed by atoms with Gasteiger partial charge in [0.25, 0.3) is 0 Å². The molecule has 2 aliphatic rings. The Kier molecular flexibility index (Phi) is 7.00. The lowest BCUT2D eigenvalue weighted by Gasteiger charge is -2.36. The summed E-state index contributed by atoms with van der Waals surface area (Å²) < 4.78 is 31.8. The van der Waals surface area contributed by atoms with Crippen molar-refractivity contribution in [2.45, 2.75) is 49.8 Å². The summed E-state index contributed by atoms with van der Waals surface area (Å²) in [7, 11) is -0.954. The molecule has 1 fully saturated rings. The van der Waals surface area contributed by atoms with E-state index >= 15 is 0 Å². The second-order valence-corrected chi connectivity index (χ2v) is 10.4. The van der Waals surface area contributed by atoms with Crippen LogP contribution in [0.1, 0.15) is 32.3 Å². The van der Waals surface area contributed by atoms with Gasteiger partial charge >= 0.3 is 0 Å². The zero-order valence-electron chi connectivity index (χ0n) is 18.0. The van der Waals surface area contributed by atoms with Crippen LogP contribution >= 0.6 is 0 Å². The Morgan fingerprint density at radius 2 is 1.73 bits per heavy atom. The quantitative estimate of drug-likeness (QED) is 0.715. The summed E-state index contributed by atoms with van der Waals surface area (Å²) in [5.74, 6) is 1.53. The number of piperidine rings is 1. The van der Waals surface area contributed by atoms with Crippen molar-refractivity contribution in [1.29, 1.82) is 0 Å². The normalized spacial score (nSPS) is 20.9. The number of ether oxygens (including phenoxy) is 1. The zero-order valence-corrected chi connectivity index (χ0v) is 18.8. The van der Waals surface area contributed by atoms with Crippen LogP contribution in [0.4, 0.5) is 4.39 Å². The molecule has 0 bridgehead atoms. The highest BCUT2D eigenvalue weighted by atomic mass is 32.2. The molecule has 164 valence electrons. The Hall–Kier alpha value is -1.76. The SMILES string of the molecule is CS(=O)c1ccc(-c2ccc3c(c2)CC(C2CCN(CC(C)(C)F)CC2)O3)cc1.O. The number of nitrogens with zero attached hydrogens (tertiary/aromatic N) is 1. The molecular formula is C24H32FNO3S.